The van der Waals surface area contributed by atoms with Gasteiger partial charge in [0, 0.05) is 0 Å². The lowest BCUT2D eigenvalue weighted by Crippen LogP contribution is -1.75. The largest absolute Gasteiger partial charge is 0.498 e. The van der Waals surface area contributed by atoms with Gasteiger partial charge < -0.3 is 5.11 Å². The molecule has 0 saturated heterocycles. The van der Waals surface area contributed by atoms with Gasteiger partial charge >= 0.3 is 0 Å². The smallest absolute Gasteiger partial charge is 0.194 e. The quantitative estimate of drug-likeness (QED) is 0.649. The predicted molar refractivity (Wildman–Crippen MR) is 37.9 cm³/mol. The Morgan fingerprint density at radius 1 is 1.67 bits per heavy atom. The van der Waals surface area contributed by atoms with Crippen molar-refractivity contribution in [3.8, 4) is 5.06 Å². The summed E-state index contributed by atoms with van der Waals surface area (Å²) in [5.41, 5.74) is 0.747. The Labute approximate surface area is 58.2 Å². The van der Waals surface area contributed by atoms with Crippen molar-refractivity contribution in [2.75, 3.05) is 0 Å². The highest BCUT2D eigenvalue weighted by Crippen LogP contribution is 2.24. The molecule has 50 valence electrons. The molecule has 9 heavy (non-hydrogen) atoms. The van der Waals surface area contributed by atoms with E-state index in [1.165, 1.54) is 11.3 Å². The monoisotopic (exact) mass is 143 g/mol. The van der Waals surface area contributed by atoms with Crippen LogP contribution in [0.3, 0.4) is 0 Å². The first-order chi connectivity index (χ1) is 4.24. The summed E-state index contributed by atoms with van der Waals surface area (Å²) in [5, 5.41) is 10.4. The molecule has 0 fully saturated rings. The lowest BCUT2D eigenvalue weighted by atomic mass is 10.5. The van der Waals surface area contributed by atoms with Crippen LogP contribution in [0.1, 0.15) is 17.6 Å². The van der Waals surface area contributed by atoms with Gasteiger partial charge in [-0.15, -0.1) is 0 Å². The molecule has 0 aliphatic heterocycles. The highest BCUT2D eigenvalue weighted by Gasteiger charge is 2.01. The van der Waals surface area contributed by atoms with Crippen LogP contribution >= 0.6 is 11.3 Å². The summed E-state index contributed by atoms with van der Waals surface area (Å²) in [6.45, 7) is 3.84. The van der Waals surface area contributed by atoms with Crippen molar-refractivity contribution in [3.05, 3.63) is 10.7 Å². The van der Waals surface area contributed by atoms with Crippen molar-refractivity contribution < 1.29 is 5.11 Å². The molecule has 1 aromatic rings. The number of hydrogen-bond donors (Lipinski definition) is 1. The zero-order valence-electron chi connectivity index (χ0n) is 5.51. The molecule has 1 N–H and O–H groups in total. The van der Waals surface area contributed by atoms with Crippen LogP contribution in [0.15, 0.2) is 0 Å². The normalized spacial score (nSPS) is 10.0. The van der Waals surface area contributed by atoms with Gasteiger partial charge in [0.15, 0.2) is 5.06 Å². The third-order valence-electron chi connectivity index (χ3n) is 1.12. The van der Waals surface area contributed by atoms with Crippen LogP contribution in [0.25, 0.3) is 0 Å². The average molecular weight is 143 g/mol. The summed E-state index contributed by atoms with van der Waals surface area (Å²) < 4.78 is 0. The van der Waals surface area contributed by atoms with Crippen LogP contribution in [0, 0.1) is 6.92 Å². The van der Waals surface area contributed by atoms with Gasteiger partial charge in [0.25, 0.3) is 0 Å². The second kappa shape index (κ2) is 2.35. The summed E-state index contributed by atoms with van der Waals surface area (Å²) in [7, 11) is 0. The number of hydrogen-bond acceptors (Lipinski definition) is 3. The zero-order chi connectivity index (χ0) is 6.85. The summed E-state index contributed by atoms with van der Waals surface area (Å²) in [4.78, 5) is 4.10. The van der Waals surface area contributed by atoms with Gasteiger partial charge in [-0.3, -0.25) is 0 Å². The standard InChI is InChI=1S/C6H9NOS/c1-3-5-7-4(2)6(8)9-5/h8H,3H2,1-2H3. The predicted octanol–water partition coefficient (Wildman–Crippen LogP) is 1.72. The highest BCUT2D eigenvalue weighted by molar-refractivity contribution is 7.13. The van der Waals surface area contributed by atoms with E-state index in [0.717, 1.165) is 17.1 Å². The van der Waals surface area contributed by atoms with E-state index >= 15 is 0 Å². The molecular weight excluding hydrogens is 134 g/mol. The molecule has 0 spiro atoms. The van der Waals surface area contributed by atoms with Gasteiger partial charge in [-0.2, -0.15) is 0 Å². The summed E-state index contributed by atoms with van der Waals surface area (Å²) in [6.07, 6.45) is 0.909. The average Bonchev–Trinajstić information content (AvgIpc) is 2.13. The summed E-state index contributed by atoms with van der Waals surface area (Å²) in [6, 6.07) is 0. The lowest BCUT2D eigenvalue weighted by Gasteiger charge is -1.78. The maximum atomic E-state index is 9.03. The molecule has 0 atom stereocenters. The second-order valence-electron chi connectivity index (χ2n) is 1.85. The molecule has 1 aromatic heterocycles. The van der Waals surface area contributed by atoms with Gasteiger partial charge in [-0.25, -0.2) is 4.98 Å². The van der Waals surface area contributed by atoms with Gasteiger partial charge in [0.2, 0.25) is 0 Å². The first-order valence-corrected chi connectivity index (χ1v) is 3.71. The Kier molecular flexibility index (Phi) is 1.71. The number of thiazole rings is 1. The highest BCUT2D eigenvalue weighted by atomic mass is 32.1. The molecule has 1 rings (SSSR count). The number of aromatic hydroxyl groups is 1. The van der Waals surface area contributed by atoms with Crippen molar-refractivity contribution in [2.24, 2.45) is 0 Å². The van der Waals surface area contributed by atoms with Crippen LogP contribution in [-0.4, -0.2) is 10.1 Å². The molecule has 3 heteroatoms. The van der Waals surface area contributed by atoms with Gasteiger partial charge in [0.1, 0.15) is 0 Å². The Hall–Kier alpha value is -0.570. The Bertz CT molecular complexity index is 187. The van der Waals surface area contributed by atoms with E-state index in [1.54, 1.807) is 0 Å². The molecule has 1 heterocycles. The second-order valence-corrected chi connectivity index (χ2v) is 2.91. The van der Waals surface area contributed by atoms with Crippen LogP contribution in [0.2, 0.25) is 0 Å². The van der Waals surface area contributed by atoms with Crippen molar-refractivity contribution >= 4 is 11.3 Å². The Morgan fingerprint density at radius 3 is 2.56 bits per heavy atom. The zero-order valence-corrected chi connectivity index (χ0v) is 6.33. The maximum Gasteiger partial charge on any atom is 0.194 e. The number of aryl methyl sites for hydroxylation is 2. The fourth-order valence-corrected chi connectivity index (χ4v) is 1.34. The third-order valence-corrected chi connectivity index (χ3v) is 2.22. The van der Waals surface area contributed by atoms with Crippen LogP contribution < -0.4 is 0 Å². The molecule has 0 unspecified atom stereocenters. The third kappa shape index (κ3) is 1.21. The minimum absolute atomic E-state index is 0.354. The van der Waals surface area contributed by atoms with E-state index < -0.39 is 0 Å². The van der Waals surface area contributed by atoms with Gasteiger partial charge in [-0.1, -0.05) is 18.3 Å². The van der Waals surface area contributed by atoms with Crippen molar-refractivity contribution in [3.63, 3.8) is 0 Å². The van der Waals surface area contributed by atoms with Gasteiger partial charge in [-0.05, 0) is 13.3 Å². The maximum absolute atomic E-state index is 9.03. The molecule has 0 aliphatic carbocycles. The van der Waals surface area contributed by atoms with E-state index in [2.05, 4.69) is 4.98 Å². The van der Waals surface area contributed by atoms with E-state index in [1.807, 2.05) is 13.8 Å². The van der Waals surface area contributed by atoms with Gasteiger partial charge in [0.05, 0.1) is 10.7 Å². The number of nitrogens with zero attached hydrogens (tertiary/aromatic N) is 1. The molecule has 0 radical (unpaired) electrons. The molecule has 0 aromatic carbocycles. The molecule has 0 aliphatic rings. The number of aromatic nitrogens is 1. The molecular formula is C6H9NOS. The van der Waals surface area contributed by atoms with E-state index in [-0.39, 0.29) is 0 Å². The van der Waals surface area contributed by atoms with Crippen LogP contribution in [-0.2, 0) is 6.42 Å². The van der Waals surface area contributed by atoms with Crippen molar-refractivity contribution in [2.45, 2.75) is 20.3 Å². The minimum Gasteiger partial charge on any atom is -0.498 e. The Morgan fingerprint density at radius 2 is 2.33 bits per heavy atom. The first kappa shape index (κ1) is 6.55. The van der Waals surface area contributed by atoms with Crippen LogP contribution in [0.5, 0.6) is 5.06 Å². The van der Waals surface area contributed by atoms with Crippen molar-refractivity contribution in [1.82, 2.24) is 4.98 Å². The topological polar surface area (TPSA) is 33.1 Å². The van der Waals surface area contributed by atoms with E-state index in [4.69, 9.17) is 5.11 Å². The fraction of sp³-hybridized carbons (Fsp3) is 0.500. The molecule has 0 saturated carbocycles. The SMILES string of the molecule is CCc1nc(C)c(O)s1. The van der Waals surface area contributed by atoms with E-state index in [0.29, 0.717) is 5.06 Å². The molecule has 2 nitrogen and oxygen atoms in total. The number of rotatable bonds is 1. The van der Waals surface area contributed by atoms with Crippen molar-refractivity contribution in [1.29, 1.82) is 0 Å². The molecule has 0 amide bonds. The van der Waals surface area contributed by atoms with E-state index in [9.17, 15) is 0 Å². The fourth-order valence-electron chi connectivity index (χ4n) is 0.594. The first-order valence-electron chi connectivity index (χ1n) is 2.89. The molecule has 0 bridgehead atoms. The summed E-state index contributed by atoms with van der Waals surface area (Å²) in [5.74, 6) is 0. The Balaban J connectivity index is 2.98. The minimum atomic E-state index is 0.354. The lowest BCUT2D eigenvalue weighted by molar-refractivity contribution is 0.485. The summed E-state index contributed by atoms with van der Waals surface area (Å²) >= 11 is 1.36. The van der Waals surface area contributed by atoms with Crippen LogP contribution in [0.4, 0.5) is 0 Å².